The van der Waals surface area contributed by atoms with Gasteiger partial charge in [0.05, 0.1) is 12.7 Å². The molecule has 0 amide bonds. The molecular weight excluding hydrogens is 484 g/mol. The van der Waals surface area contributed by atoms with E-state index in [2.05, 4.69) is 55.4 Å². The molecule has 0 saturated carbocycles. The van der Waals surface area contributed by atoms with E-state index in [0.717, 1.165) is 50.1 Å². The molecule has 0 radical (unpaired) electrons. The van der Waals surface area contributed by atoms with Crippen LogP contribution >= 0.6 is 0 Å². The van der Waals surface area contributed by atoms with Crippen molar-refractivity contribution >= 4 is 0 Å². The van der Waals surface area contributed by atoms with Crippen LogP contribution in [0.25, 0.3) is 0 Å². The maximum atomic E-state index is 8.11. The third-order valence-corrected chi connectivity index (χ3v) is 7.85. The summed E-state index contributed by atoms with van der Waals surface area (Å²) < 4.78 is 11.9. The minimum absolute atomic E-state index is 0.139. The highest BCUT2D eigenvalue weighted by Crippen LogP contribution is 2.18. The van der Waals surface area contributed by atoms with Crippen LogP contribution in [0.2, 0.25) is 0 Å². The van der Waals surface area contributed by atoms with Gasteiger partial charge in [0.15, 0.2) is 0 Å². The lowest BCUT2D eigenvalue weighted by atomic mass is 9.99. The highest BCUT2D eigenvalue weighted by atomic mass is 16.5. The van der Waals surface area contributed by atoms with Crippen molar-refractivity contribution in [3.63, 3.8) is 0 Å². The summed E-state index contributed by atoms with van der Waals surface area (Å²) in [5.74, 6) is 3.16. The number of aliphatic hydroxyl groups is 2. The molecule has 4 nitrogen and oxygen atoms in total. The van der Waals surface area contributed by atoms with Crippen molar-refractivity contribution in [3.05, 3.63) is 0 Å². The number of unbranched alkanes of at least 4 members (excludes halogenated alkanes) is 4. The van der Waals surface area contributed by atoms with E-state index in [-0.39, 0.29) is 6.61 Å². The molecule has 0 aliphatic carbocycles. The fourth-order valence-electron chi connectivity index (χ4n) is 4.40. The molecule has 2 N–H and O–H groups in total. The molecule has 0 heterocycles. The molecule has 0 fully saturated rings. The second kappa shape index (κ2) is 35.9. The average Bonchev–Trinajstić information content (AvgIpc) is 2.96. The SMILES string of the molecule is CC(O)CO.CCCCC(CC)COCC(CC)CCCC.CCCCC(CC)COCC(CC)CCCC. The summed E-state index contributed by atoms with van der Waals surface area (Å²) in [5, 5.41) is 16.0. The third kappa shape index (κ3) is 33.9. The van der Waals surface area contributed by atoms with Crippen molar-refractivity contribution in [2.75, 3.05) is 33.0 Å². The van der Waals surface area contributed by atoms with Gasteiger partial charge in [-0.25, -0.2) is 0 Å². The van der Waals surface area contributed by atoms with Crippen molar-refractivity contribution in [2.24, 2.45) is 23.7 Å². The monoisotopic (exact) mass is 561 g/mol. The van der Waals surface area contributed by atoms with Gasteiger partial charge in [-0.2, -0.15) is 0 Å². The minimum Gasteiger partial charge on any atom is -0.394 e. The lowest BCUT2D eigenvalue weighted by Gasteiger charge is -2.18. The smallest absolute Gasteiger partial charge is 0.0742 e. The van der Waals surface area contributed by atoms with Crippen LogP contribution in [0.1, 0.15) is 165 Å². The van der Waals surface area contributed by atoms with Gasteiger partial charge in [-0.05, 0) is 56.3 Å². The Hall–Kier alpha value is -0.160. The Bertz CT molecular complexity index is 349. The van der Waals surface area contributed by atoms with Crippen LogP contribution in [-0.2, 0) is 9.47 Å². The second-order valence-corrected chi connectivity index (χ2v) is 11.8. The molecule has 4 heteroatoms. The molecule has 0 aromatic heterocycles. The minimum atomic E-state index is -0.560. The average molecular weight is 561 g/mol. The maximum absolute atomic E-state index is 8.11. The summed E-state index contributed by atoms with van der Waals surface area (Å²) in [6.07, 6.45) is 20.6. The Morgan fingerprint density at radius 2 is 0.667 bits per heavy atom. The zero-order valence-corrected chi connectivity index (χ0v) is 28.4. The normalized spacial score (nSPS) is 14.8. The summed E-state index contributed by atoms with van der Waals surface area (Å²) in [7, 11) is 0. The summed E-state index contributed by atoms with van der Waals surface area (Å²) >= 11 is 0. The van der Waals surface area contributed by atoms with Crippen LogP contribution < -0.4 is 0 Å². The molecule has 39 heavy (non-hydrogen) atoms. The Morgan fingerprint density at radius 1 is 0.462 bits per heavy atom. The summed E-state index contributed by atoms with van der Waals surface area (Å²) in [4.78, 5) is 0. The maximum Gasteiger partial charge on any atom is 0.0742 e. The van der Waals surface area contributed by atoms with E-state index >= 15 is 0 Å². The van der Waals surface area contributed by atoms with Crippen LogP contribution in [0.3, 0.4) is 0 Å². The second-order valence-electron chi connectivity index (χ2n) is 11.8. The number of aliphatic hydroxyl groups excluding tert-OH is 2. The van der Waals surface area contributed by atoms with Gasteiger partial charge in [0.25, 0.3) is 0 Å². The van der Waals surface area contributed by atoms with Crippen LogP contribution in [0, 0.1) is 23.7 Å². The molecule has 0 aromatic rings. The van der Waals surface area contributed by atoms with Crippen LogP contribution in [0.5, 0.6) is 0 Å². The predicted octanol–water partition coefficient (Wildman–Crippen LogP) is 10.2. The molecule has 5 atom stereocenters. The number of rotatable bonds is 25. The molecule has 0 aliphatic heterocycles. The quantitative estimate of drug-likeness (QED) is 0.117. The van der Waals surface area contributed by atoms with Crippen molar-refractivity contribution < 1.29 is 19.7 Å². The largest absolute Gasteiger partial charge is 0.394 e. The van der Waals surface area contributed by atoms with Gasteiger partial charge in [0.2, 0.25) is 0 Å². The van der Waals surface area contributed by atoms with E-state index in [4.69, 9.17) is 19.7 Å². The highest BCUT2D eigenvalue weighted by molar-refractivity contribution is 4.60. The Labute approximate surface area is 247 Å². The predicted molar refractivity (Wildman–Crippen MR) is 174 cm³/mol. The first-order chi connectivity index (χ1) is 18.8. The molecular formula is C35H76O4. The number of hydrogen-bond donors (Lipinski definition) is 2. The van der Waals surface area contributed by atoms with Crippen molar-refractivity contribution in [2.45, 2.75) is 171 Å². The topological polar surface area (TPSA) is 58.9 Å². The van der Waals surface area contributed by atoms with E-state index in [9.17, 15) is 0 Å². The molecule has 0 aromatic carbocycles. The standard InChI is InChI=1S/2C16H34O.C3H8O2/c2*1-5-9-11-15(7-3)13-17-14-16(8-4)12-10-6-2;1-3(5)2-4/h2*15-16H,5-14H2,1-4H3;3-5H,2H2,1H3. The molecule has 0 saturated heterocycles. The molecule has 0 bridgehead atoms. The van der Waals surface area contributed by atoms with E-state index in [1.807, 2.05) is 0 Å². The number of ether oxygens (including phenoxy) is 2. The summed E-state index contributed by atoms with van der Waals surface area (Å²) in [6.45, 7) is 23.6. The highest BCUT2D eigenvalue weighted by Gasteiger charge is 2.10. The number of hydrogen-bond acceptors (Lipinski definition) is 4. The Kier molecular flexibility index (Phi) is 39.8. The molecule has 0 rings (SSSR count). The van der Waals surface area contributed by atoms with Gasteiger partial charge in [0.1, 0.15) is 0 Å². The molecule has 0 spiro atoms. The van der Waals surface area contributed by atoms with Gasteiger partial charge in [0, 0.05) is 26.4 Å². The van der Waals surface area contributed by atoms with Crippen LogP contribution in [0.15, 0.2) is 0 Å². The first-order valence-corrected chi connectivity index (χ1v) is 17.3. The lowest BCUT2D eigenvalue weighted by Crippen LogP contribution is -2.14. The first kappa shape index (κ1) is 43.3. The van der Waals surface area contributed by atoms with Crippen molar-refractivity contribution in [1.29, 1.82) is 0 Å². The van der Waals surface area contributed by atoms with E-state index in [0.29, 0.717) is 0 Å². The van der Waals surface area contributed by atoms with E-state index < -0.39 is 6.10 Å². The zero-order chi connectivity index (χ0) is 30.2. The first-order valence-electron chi connectivity index (χ1n) is 17.3. The van der Waals surface area contributed by atoms with Crippen LogP contribution in [-0.4, -0.2) is 49.4 Å². The lowest BCUT2D eigenvalue weighted by molar-refractivity contribution is 0.0630. The summed E-state index contributed by atoms with van der Waals surface area (Å²) in [6, 6.07) is 0. The van der Waals surface area contributed by atoms with Crippen molar-refractivity contribution in [1.82, 2.24) is 0 Å². The van der Waals surface area contributed by atoms with E-state index in [1.165, 1.54) is 110 Å². The molecule has 240 valence electrons. The molecule has 0 aliphatic rings. The van der Waals surface area contributed by atoms with Crippen LogP contribution in [0.4, 0.5) is 0 Å². The third-order valence-electron chi connectivity index (χ3n) is 7.85. The van der Waals surface area contributed by atoms with Gasteiger partial charge < -0.3 is 19.7 Å². The Morgan fingerprint density at radius 3 is 0.795 bits per heavy atom. The van der Waals surface area contributed by atoms with Gasteiger partial charge in [-0.15, -0.1) is 0 Å². The van der Waals surface area contributed by atoms with E-state index in [1.54, 1.807) is 0 Å². The fourth-order valence-corrected chi connectivity index (χ4v) is 4.40. The summed E-state index contributed by atoms with van der Waals surface area (Å²) in [5.41, 5.74) is 0. The van der Waals surface area contributed by atoms with Gasteiger partial charge in [-0.1, -0.05) is 132 Å². The van der Waals surface area contributed by atoms with Gasteiger partial charge >= 0.3 is 0 Å². The Balaban J connectivity index is -0.000000566. The molecule has 5 unspecified atom stereocenters. The van der Waals surface area contributed by atoms with Gasteiger partial charge in [-0.3, -0.25) is 0 Å². The fraction of sp³-hybridized carbons (Fsp3) is 1.00. The zero-order valence-electron chi connectivity index (χ0n) is 28.4. The van der Waals surface area contributed by atoms with Crippen molar-refractivity contribution in [3.8, 4) is 0 Å².